The van der Waals surface area contributed by atoms with Crippen LogP contribution in [-0.2, 0) is 0 Å². The number of nitrogens with zero attached hydrogens (tertiary/aromatic N) is 1. The lowest BCUT2D eigenvalue weighted by atomic mass is 9.93. The van der Waals surface area contributed by atoms with Crippen molar-refractivity contribution in [2.75, 3.05) is 5.32 Å². The molecule has 0 unspecified atom stereocenters. The third-order valence-corrected chi connectivity index (χ3v) is 5.93. The first-order valence-corrected chi connectivity index (χ1v) is 10.2. The van der Waals surface area contributed by atoms with E-state index in [-0.39, 0.29) is 32.4 Å². The number of hydrogen-bond acceptors (Lipinski definition) is 7. The van der Waals surface area contributed by atoms with E-state index in [2.05, 4.69) is 10.5 Å². The van der Waals surface area contributed by atoms with Gasteiger partial charge in [0.05, 0.1) is 21.0 Å². The van der Waals surface area contributed by atoms with Crippen molar-refractivity contribution in [2.24, 2.45) is 0 Å². The maximum Gasteiger partial charge on any atom is 0.265 e. The van der Waals surface area contributed by atoms with Crippen LogP contribution in [0, 0.1) is 6.92 Å². The molecule has 152 valence electrons. The van der Waals surface area contributed by atoms with Gasteiger partial charge in [-0.15, -0.1) is 11.3 Å². The maximum absolute atomic E-state index is 12.7. The van der Waals surface area contributed by atoms with Crippen molar-refractivity contribution in [3.05, 3.63) is 93.0 Å². The number of benzene rings is 2. The topological polar surface area (TPSA) is 98.5 Å². The molecule has 2 aromatic carbocycles. The van der Waals surface area contributed by atoms with Crippen LogP contribution >= 0.6 is 11.3 Å². The van der Waals surface area contributed by atoms with Crippen LogP contribution in [0.4, 0.5) is 5.69 Å². The number of nitrogens with one attached hydrogen (secondary N) is 1. The van der Waals surface area contributed by atoms with E-state index >= 15 is 0 Å². The minimum atomic E-state index is -0.442. The zero-order valence-corrected chi connectivity index (χ0v) is 17.0. The summed E-state index contributed by atoms with van der Waals surface area (Å²) in [5.41, 5.74) is 1.24. The van der Waals surface area contributed by atoms with Crippen LogP contribution in [0.2, 0.25) is 0 Å². The highest BCUT2D eigenvalue weighted by molar-refractivity contribution is 7.16. The third-order valence-electron chi connectivity index (χ3n) is 4.79. The molecular weight excluding hydrogens is 416 g/mol. The number of para-hydroxylation sites is 1. The van der Waals surface area contributed by atoms with Gasteiger partial charge in [-0.1, -0.05) is 23.4 Å². The maximum atomic E-state index is 12.7. The molecule has 1 N–H and O–H groups in total. The Labute approximate surface area is 180 Å². The van der Waals surface area contributed by atoms with E-state index in [1.807, 2.05) is 30.3 Å². The predicted molar refractivity (Wildman–Crippen MR) is 113 cm³/mol. The summed E-state index contributed by atoms with van der Waals surface area (Å²) in [5, 5.41) is 6.48. The standard InChI is InChI=1S/C23H14N2O5S/c1-12-18-20(27)22-16(19(26)21(18)30-25-12)11-17(31-22)23(28)24-13-7-9-15(10-8-13)29-14-5-3-2-4-6-14/h2-11H,1H3,(H,24,28). The second-order valence-corrected chi connectivity index (χ2v) is 7.93. The van der Waals surface area contributed by atoms with Gasteiger partial charge in [-0.3, -0.25) is 14.4 Å². The summed E-state index contributed by atoms with van der Waals surface area (Å²) >= 11 is 0.979. The van der Waals surface area contributed by atoms with E-state index < -0.39 is 11.7 Å². The van der Waals surface area contributed by atoms with Crippen molar-refractivity contribution in [3.8, 4) is 11.5 Å². The number of ether oxygens (including phenoxy) is 1. The number of anilines is 1. The molecular formula is C23H14N2O5S. The molecule has 1 amide bonds. The number of rotatable bonds is 4. The van der Waals surface area contributed by atoms with E-state index in [1.165, 1.54) is 6.07 Å². The fraction of sp³-hybridized carbons (Fsp3) is 0.0435. The molecule has 2 aromatic heterocycles. The summed E-state index contributed by atoms with van der Waals surface area (Å²) in [6.45, 7) is 1.60. The van der Waals surface area contributed by atoms with Crippen LogP contribution < -0.4 is 10.1 Å². The van der Waals surface area contributed by atoms with Crippen LogP contribution in [0.15, 0.2) is 65.2 Å². The van der Waals surface area contributed by atoms with Crippen molar-refractivity contribution < 1.29 is 23.6 Å². The predicted octanol–water partition coefficient (Wildman–Crippen LogP) is 4.86. The normalized spacial score (nSPS) is 12.3. The Hall–Kier alpha value is -4.04. The molecule has 0 radical (unpaired) electrons. The molecule has 0 saturated carbocycles. The first kappa shape index (κ1) is 19.0. The van der Waals surface area contributed by atoms with Crippen LogP contribution in [0.5, 0.6) is 11.5 Å². The molecule has 31 heavy (non-hydrogen) atoms. The van der Waals surface area contributed by atoms with Gasteiger partial charge in [0.25, 0.3) is 5.91 Å². The SMILES string of the molecule is Cc1noc2c1C(=O)c1sc(C(=O)Nc3ccc(Oc4ccccc4)cc3)cc1C2=O. The largest absolute Gasteiger partial charge is 0.457 e. The summed E-state index contributed by atoms with van der Waals surface area (Å²) in [6.07, 6.45) is 0. The molecule has 5 rings (SSSR count). The van der Waals surface area contributed by atoms with Crippen molar-refractivity contribution in [3.63, 3.8) is 0 Å². The quantitative estimate of drug-likeness (QED) is 0.437. The van der Waals surface area contributed by atoms with Crippen LogP contribution in [-0.4, -0.2) is 22.6 Å². The van der Waals surface area contributed by atoms with Crippen LogP contribution in [0.1, 0.15) is 46.7 Å². The molecule has 0 fully saturated rings. The summed E-state index contributed by atoms with van der Waals surface area (Å²) in [6, 6.07) is 17.7. The summed E-state index contributed by atoms with van der Waals surface area (Å²) in [5.74, 6) is 0.0573. The highest BCUT2D eigenvalue weighted by atomic mass is 32.1. The lowest BCUT2D eigenvalue weighted by molar-refractivity contribution is 0.0957. The zero-order valence-electron chi connectivity index (χ0n) is 16.2. The first-order valence-electron chi connectivity index (χ1n) is 9.35. The molecule has 1 aliphatic carbocycles. The summed E-state index contributed by atoms with van der Waals surface area (Å²) in [7, 11) is 0. The number of amides is 1. The number of carbonyl (C=O) groups excluding carboxylic acids is 3. The lowest BCUT2D eigenvalue weighted by Crippen LogP contribution is -2.17. The molecule has 0 atom stereocenters. The number of thiophene rings is 1. The minimum absolute atomic E-state index is 0.0752. The average molecular weight is 430 g/mol. The van der Waals surface area contributed by atoms with Gasteiger partial charge in [-0.05, 0) is 49.4 Å². The van der Waals surface area contributed by atoms with Crippen LogP contribution in [0.25, 0.3) is 0 Å². The number of hydrogen-bond donors (Lipinski definition) is 1. The van der Waals surface area contributed by atoms with Gasteiger partial charge in [0.1, 0.15) is 11.5 Å². The number of ketones is 2. The fourth-order valence-corrected chi connectivity index (χ4v) is 4.29. The van der Waals surface area contributed by atoms with Gasteiger partial charge in [-0.25, -0.2) is 0 Å². The fourth-order valence-electron chi connectivity index (χ4n) is 3.29. The molecule has 2 heterocycles. The average Bonchev–Trinajstić information content (AvgIpc) is 3.39. The number of aromatic nitrogens is 1. The Kier molecular flexibility index (Phi) is 4.48. The molecule has 0 bridgehead atoms. The van der Waals surface area contributed by atoms with Crippen molar-refractivity contribution in [1.29, 1.82) is 0 Å². The first-order chi connectivity index (χ1) is 15.0. The van der Waals surface area contributed by atoms with Gasteiger partial charge in [0, 0.05) is 11.3 Å². The van der Waals surface area contributed by atoms with Crippen molar-refractivity contribution >= 4 is 34.5 Å². The van der Waals surface area contributed by atoms with Gasteiger partial charge in [0.2, 0.25) is 17.3 Å². The molecule has 8 heteroatoms. The van der Waals surface area contributed by atoms with E-state index in [4.69, 9.17) is 9.26 Å². The highest BCUT2D eigenvalue weighted by Gasteiger charge is 2.38. The molecule has 0 spiro atoms. The van der Waals surface area contributed by atoms with Gasteiger partial charge in [0.15, 0.2) is 0 Å². The summed E-state index contributed by atoms with van der Waals surface area (Å²) in [4.78, 5) is 38.5. The molecule has 0 aliphatic heterocycles. The smallest absolute Gasteiger partial charge is 0.265 e. The Balaban J connectivity index is 1.34. The third kappa shape index (κ3) is 3.32. The number of aryl methyl sites for hydroxylation is 1. The highest BCUT2D eigenvalue weighted by Crippen LogP contribution is 2.35. The van der Waals surface area contributed by atoms with E-state index in [9.17, 15) is 14.4 Å². The van der Waals surface area contributed by atoms with E-state index in [1.54, 1.807) is 31.2 Å². The number of fused-ring (bicyclic) bond motifs is 2. The Bertz CT molecular complexity index is 1340. The minimum Gasteiger partial charge on any atom is -0.457 e. The van der Waals surface area contributed by atoms with Crippen LogP contribution in [0.3, 0.4) is 0 Å². The molecule has 0 saturated heterocycles. The van der Waals surface area contributed by atoms with Gasteiger partial charge in [-0.2, -0.15) is 0 Å². The molecule has 4 aromatic rings. The Morgan fingerprint density at radius 1 is 1.00 bits per heavy atom. The van der Waals surface area contributed by atoms with Crippen molar-refractivity contribution in [2.45, 2.75) is 6.92 Å². The molecule has 1 aliphatic rings. The van der Waals surface area contributed by atoms with Gasteiger partial charge < -0.3 is 14.6 Å². The summed E-state index contributed by atoms with van der Waals surface area (Å²) < 4.78 is 10.8. The second-order valence-electron chi connectivity index (χ2n) is 6.88. The second kappa shape index (κ2) is 7.33. The lowest BCUT2D eigenvalue weighted by Gasteiger charge is -2.07. The zero-order chi connectivity index (χ0) is 21.5. The number of carbonyl (C=O) groups is 3. The van der Waals surface area contributed by atoms with E-state index in [0.717, 1.165) is 11.3 Å². The monoisotopic (exact) mass is 430 g/mol. The molecule has 7 nitrogen and oxygen atoms in total. The van der Waals surface area contributed by atoms with Crippen molar-refractivity contribution in [1.82, 2.24) is 5.16 Å². The Morgan fingerprint density at radius 3 is 2.45 bits per heavy atom. The van der Waals surface area contributed by atoms with Gasteiger partial charge >= 0.3 is 0 Å². The van der Waals surface area contributed by atoms with E-state index in [0.29, 0.717) is 22.9 Å². The Morgan fingerprint density at radius 2 is 1.71 bits per heavy atom.